The van der Waals surface area contributed by atoms with Gasteiger partial charge in [0.15, 0.2) is 0 Å². The second-order valence-corrected chi connectivity index (χ2v) is 3.88. The quantitative estimate of drug-likeness (QED) is 0.552. The minimum absolute atomic E-state index is 0.104. The van der Waals surface area contributed by atoms with Crippen molar-refractivity contribution in [1.29, 1.82) is 0 Å². The Morgan fingerprint density at radius 3 is 3.09 bits per heavy atom. The fourth-order valence-electron chi connectivity index (χ4n) is 2.40. The van der Waals surface area contributed by atoms with Crippen LogP contribution >= 0.6 is 0 Å². The van der Waals surface area contributed by atoms with Crippen LogP contribution in [0, 0.1) is 11.3 Å². The standard InChI is InChI=1S/C8H14N2O/c9-7(11)8-2-1-6(3-8)4-10-5-8/h6,10H,1-5H2,(H2,9,11)/t6-,8-/m1/s1. The number of carbonyl (C=O) groups excluding carboxylic acids is 1. The number of hydrogen-bond donors (Lipinski definition) is 2. The maximum Gasteiger partial charge on any atom is 0.224 e. The summed E-state index contributed by atoms with van der Waals surface area (Å²) in [5.74, 6) is 0.600. The summed E-state index contributed by atoms with van der Waals surface area (Å²) < 4.78 is 0. The number of amides is 1. The summed E-state index contributed by atoms with van der Waals surface area (Å²) in [6.45, 7) is 1.88. The van der Waals surface area contributed by atoms with Crippen LogP contribution in [-0.4, -0.2) is 19.0 Å². The Bertz CT molecular complexity index is 189. The summed E-state index contributed by atoms with van der Waals surface area (Å²) in [6, 6.07) is 0. The van der Waals surface area contributed by atoms with E-state index in [1.165, 1.54) is 6.42 Å². The largest absolute Gasteiger partial charge is 0.369 e. The first-order valence-electron chi connectivity index (χ1n) is 4.24. The third-order valence-electron chi connectivity index (χ3n) is 3.13. The summed E-state index contributed by atoms with van der Waals surface area (Å²) in [7, 11) is 0. The molecule has 0 aromatic carbocycles. The van der Waals surface area contributed by atoms with Gasteiger partial charge in [-0.25, -0.2) is 0 Å². The highest BCUT2D eigenvalue weighted by molar-refractivity contribution is 5.81. The van der Waals surface area contributed by atoms with Crippen molar-refractivity contribution in [2.45, 2.75) is 19.3 Å². The summed E-state index contributed by atoms with van der Waals surface area (Å²) >= 11 is 0. The molecule has 3 heteroatoms. The van der Waals surface area contributed by atoms with Crippen molar-refractivity contribution < 1.29 is 4.79 Å². The highest BCUT2D eigenvalue weighted by Gasteiger charge is 2.46. The van der Waals surface area contributed by atoms with E-state index in [1.54, 1.807) is 0 Å². The molecule has 1 saturated heterocycles. The zero-order chi connectivity index (χ0) is 7.90. The van der Waals surface area contributed by atoms with Crippen molar-refractivity contribution in [3.8, 4) is 0 Å². The Morgan fingerprint density at radius 1 is 1.64 bits per heavy atom. The highest BCUT2D eigenvalue weighted by Crippen LogP contribution is 2.43. The molecule has 1 heterocycles. The van der Waals surface area contributed by atoms with Gasteiger partial charge < -0.3 is 11.1 Å². The van der Waals surface area contributed by atoms with Gasteiger partial charge in [0.1, 0.15) is 0 Å². The molecular formula is C8H14N2O. The lowest BCUT2D eigenvalue weighted by Gasteiger charge is -2.30. The number of rotatable bonds is 1. The molecule has 2 fully saturated rings. The number of piperidine rings is 1. The number of nitrogens with one attached hydrogen (secondary N) is 1. The van der Waals surface area contributed by atoms with E-state index >= 15 is 0 Å². The average molecular weight is 154 g/mol. The summed E-state index contributed by atoms with van der Waals surface area (Å²) in [5.41, 5.74) is 5.18. The van der Waals surface area contributed by atoms with Crippen molar-refractivity contribution in [3.63, 3.8) is 0 Å². The molecule has 2 rings (SSSR count). The van der Waals surface area contributed by atoms with Crippen LogP contribution in [0.3, 0.4) is 0 Å². The van der Waals surface area contributed by atoms with E-state index in [0.717, 1.165) is 25.9 Å². The minimum atomic E-state index is -0.178. The lowest BCUT2D eigenvalue weighted by molar-refractivity contribution is -0.127. The van der Waals surface area contributed by atoms with Gasteiger partial charge in [-0.1, -0.05) is 0 Å². The summed E-state index contributed by atoms with van der Waals surface area (Å²) in [5, 5.41) is 3.27. The normalized spacial score (nSPS) is 42.4. The number of hydrogen-bond acceptors (Lipinski definition) is 2. The van der Waals surface area contributed by atoms with Crippen molar-refractivity contribution in [2.75, 3.05) is 13.1 Å². The first kappa shape index (κ1) is 7.10. The van der Waals surface area contributed by atoms with Crippen molar-refractivity contribution in [3.05, 3.63) is 0 Å². The summed E-state index contributed by atoms with van der Waals surface area (Å²) in [4.78, 5) is 11.1. The van der Waals surface area contributed by atoms with Gasteiger partial charge in [-0.3, -0.25) is 4.79 Å². The molecule has 0 aromatic rings. The van der Waals surface area contributed by atoms with Gasteiger partial charge in [-0.2, -0.15) is 0 Å². The molecule has 1 aliphatic carbocycles. The SMILES string of the molecule is NC(=O)[C@@]12CC[C@@H](CNC1)C2. The lowest BCUT2D eigenvalue weighted by Crippen LogP contribution is -2.47. The highest BCUT2D eigenvalue weighted by atomic mass is 16.1. The number of fused-ring (bicyclic) bond motifs is 2. The van der Waals surface area contributed by atoms with Gasteiger partial charge in [0.25, 0.3) is 0 Å². The van der Waals surface area contributed by atoms with Crippen molar-refractivity contribution >= 4 is 5.91 Å². The van der Waals surface area contributed by atoms with E-state index in [2.05, 4.69) is 5.32 Å². The van der Waals surface area contributed by atoms with Gasteiger partial charge in [0, 0.05) is 6.54 Å². The maximum atomic E-state index is 11.1. The molecule has 11 heavy (non-hydrogen) atoms. The van der Waals surface area contributed by atoms with E-state index in [-0.39, 0.29) is 11.3 Å². The van der Waals surface area contributed by atoms with Gasteiger partial charge in [-0.05, 0) is 31.7 Å². The minimum Gasteiger partial charge on any atom is -0.369 e. The fraction of sp³-hybridized carbons (Fsp3) is 0.875. The van der Waals surface area contributed by atoms with Crippen LogP contribution in [0.1, 0.15) is 19.3 Å². The number of primary amides is 1. The van der Waals surface area contributed by atoms with E-state index in [4.69, 9.17) is 5.73 Å². The molecule has 1 saturated carbocycles. The van der Waals surface area contributed by atoms with E-state index < -0.39 is 0 Å². The first-order valence-corrected chi connectivity index (χ1v) is 4.24. The Kier molecular flexibility index (Phi) is 1.42. The molecule has 2 aliphatic rings. The lowest BCUT2D eigenvalue weighted by atomic mass is 9.82. The fourth-order valence-corrected chi connectivity index (χ4v) is 2.40. The zero-order valence-corrected chi connectivity index (χ0v) is 6.60. The molecule has 0 unspecified atom stereocenters. The Balaban J connectivity index is 2.19. The topological polar surface area (TPSA) is 55.1 Å². The monoisotopic (exact) mass is 154 g/mol. The van der Waals surface area contributed by atoms with Crippen LogP contribution in [0.25, 0.3) is 0 Å². The van der Waals surface area contributed by atoms with Crippen LogP contribution in [0.4, 0.5) is 0 Å². The third kappa shape index (κ3) is 0.948. The molecule has 0 aromatic heterocycles. The van der Waals surface area contributed by atoms with Gasteiger partial charge in [-0.15, -0.1) is 0 Å². The zero-order valence-electron chi connectivity index (χ0n) is 6.60. The maximum absolute atomic E-state index is 11.1. The number of carbonyl (C=O) groups is 1. The molecule has 3 nitrogen and oxygen atoms in total. The third-order valence-corrected chi connectivity index (χ3v) is 3.13. The predicted octanol–water partition coefficient (Wildman–Crippen LogP) is -0.139. The second-order valence-electron chi connectivity index (χ2n) is 3.88. The molecule has 1 amide bonds. The van der Waals surface area contributed by atoms with Crippen LogP contribution in [0.2, 0.25) is 0 Å². The van der Waals surface area contributed by atoms with Gasteiger partial charge in [0.05, 0.1) is 5.41 Å². The molecule has 0 radical (unpaired) electrons. The van der Waals surface area contributed by atoms with Gasteiger partial charge in [0.2, 0.25) is 5.91 Å². The Morgan fingerprint density at radius 2 is 2.45 bits per heavy atom. The van der Waals surface area contributed by atoms with Crippen molar-refractivity contribution in [2.24, 2.45) is 17.1 Å². The molecular weight excluding hydrogens is 140 g/mol. The smallest absolute Gasteiger partial charge is 0.224 e. The van der Waals surface area contributed by atoms with E-state index in [9.17, 15) is 4.79 Å². The van der Waals surface area contributed by atoms with E-state index in [1.807, 2.05) is 0 Å². The summed E-state index contributed by atoms with van der Waals surface area (Å²) in [6.07, 6.45) is 3.20. The Labute approximate surface area is 66.3 Å². The second kappa shape index (κ2) is 2.21. The molecule has 1 aliphatic heterocycles. The van der Waals surface area contributed by atoms with E-state index in [0.29, 0.717) is 5.92 Å². The van der Waals surface area contributed by atoms with Gasteiger partial charge >= 0.3 is 0 Å². The van der Waals surface area contributed by atoms with Crippen LogP contribution in [0.15, 0.2) is 0 Å². The average Bonchev–Trinajstić information content (AvgIpc) is 2.29. The number of nitrogens with two attached hydrogens (primary N) is 1. The van der Waals surface area contributed by atoms with Crippen LogP contribution in [0.5, 0.6) is 0 Å². The Hall–Kier alpha value is -0.570. The molecule has 2 atom stereocenters. The molecule has 0 spiro atoms. The molecule has 2 bridgehead atoms. The predicted molar refractivity (Wildman–Crippen MR) is 41.8 cm³/mol. The molecule has 3 N–H and O–H groups in total. The first-order chi connectivity index (χ1) is 5.23. The van der Waals surface area contributed by atoms with Crippen molar-refractivity contribution in [1.82, 2.24) is 5.32 Å². The van der Waals surface area contributed by atoms with Crippen LogP contribution in [-0.2, 0) is 4.79 Å². The van der Waals surface area contributed by atoms with Crippen LogP contribution < -0.4 is 11.1 Å². The molecule has 62 valence electrons.